The van der Waals surface area contributed by atoms with E-state index in [4.69, 9.17) is 42.6 Å². The number of imidazole rings is 1. The first-order valence-corrected chi connectivity index (χ1v) is 21.7. The number of hydrogen-bond donors (Lipinski definition) is 2. The Balaban J connectivity index is 1.87. The molecule has 62 heavy (non-hydrogen) atoms. The summed E-state index contributed by atoms with van der Waals surface area (Å²) in [6, 6.07) is -0.308. The van der Waals surface area contributed by atoms with E-state index < -0.39 is 114 Å². The minimum Gasteiger partial charge on any atom is -0.459 e. The molecular weight excluding hydrogens is 810 g/mol. The van der Waals surface area contributed by atoms with Gasteiger partial charge in [0.2, 0.25) is 0 Å². The standard InChI is InChI=1S/C44H73N3O15/c1-16-31-44(11,53)36(50)25(4)33(49)23(2)20-42(9,54-14)37(61-40-35(58-29(8)48)30(46(12)13)19-24(3)56-40)26(5)34(27(6)39(51)59-31)60-32-21-43(10,55-15)38(28(7)57-32)62-41(52)47-18-17-45-22-47/h17-18,22-28,30-32,34-38,40,50,53H,16,19-21H2,1-15H3/t23-,24-,25+,26+,27-,28+,30+,31-,32?,34+,35-,36-,37-,38+,40?,42-,43-,44-/m1/s1. The summed E-state index contributed by atoms with van der Waals surface area (Å²) in [6.45, 7) is 18.3. The van der Waals surface area contributed by atoms with Crippen LogP contribution in [0.5, 0.6) is 0 Å². The predicted molar refractivity (Wildman–Crippen MR) is 222 cm³/mol. The maximum absolute atomic E-state index is 14.5. The zero-order valence-electron chi connectivity index (χ0n) is 39.3. The maximum Gasteiger partial charge on any atom is 0.419 e. The van der Waals surface area contributed by atoms with Crippen LogP contribution in [0.1, 0.15) is 102 Å². The van der Waals surface area contributed by atoms with Crippen molar-refractivity contribution in [1.82, 2.24) is 14.5 Å². The number of esters is 2. The highest BCUT2D eigenvalue weighted by atomic mass is 16.7. The summed E-state index contributed by atoms with van der Waals surface area (Å²) in [5.74, 6) is -5.37. The van der Waals surface area contributed by atoms with E-state index in [0.29, 0.717) is 6.42 Å². The molecule has 4 heterocycles. The van der Waals surface area contributed by atoms with Crippen molar-refractivity contribution in [3.63, 3.8) is 0 Å². The smallest absolute Gasteiger partial charge is 0.419 e. The van der Waals surface area contributed by atoms with E-state index in [-0.39, 0.29) is 37.2 Å². The molecule has 2 unspecified atom stereocenters. The molecule has 0 spiro atoms. The van der Waals surface area contributed by atoms with E-state index in [1.54, 1.807) is 41.5 Å². The van der Waals surface area contributed by atoms with Gasteiger partial charge in [-0.1, -0.05) is 27.7 Å². The molecule has 3 aliphatic rings. The number of carbonyl (C=O) groups is 4. The summed E-state index contributed by atoms with van der Waals surface area (Å²) in [5.41, 5.74) is -4.50. The van der Waals surface area contributed by atoms with E-state index in [1.165, 1.54) is 58.3 Å². The number of methoxy groups -OCH3 is 2. The number of likely N-dealkylation sites (N-methyl/N-ethyl adjacent to an activating group) is 1. The quantitative estimate of drug-likeness (QED) is 0.252. The van der Waals surface area contributed by atoms with Crippen LogP contribution in [0.15, 0.2) is 18.7 Å². The van der Waals surface area contributed by atoms with Gasteiger partial charge in [-0.15, -0.1) is 0 Å². The summed E-state index contributed by atoms with van der Waals surface area (Å²) in [7, 11) is 6.74. The predicted octanol–water partition coefficient (Wildman–Crippen LogP) is 3.90. The first-order chi connectivity index (χ1) is 28.8. The highest BCUT2D eigenvalue weighted by molar-refractivity contribution is 5.83. The van der Waals surface area contributed by atoms with Crippen molar-refractivity contribution in [3.8, 4) is 0 Å². The van der Waals surface area contributed by atoms with Gasteiger partial charge in [0.25, 0.3) is 0 Å². The molecule has 3 aliphatic heterocycles. The number of ketones is 1. The number of ether oxygens (including phenoxy) is 9. The zero-order chi connectivity index (χ0) is 46.6. The summed E-state index contributed by atoms with van der Waals surface area (Å²) >= 11 is 0. The van der Waals surface area contributed by atoms with Crippen molar-refractivity contribution in [2.45, 2.75) is 186 Å². The third-order valence-electron chi connectivity index (χ3n) is 13.4. The Morgan fingerprint density at radius 1 is 0.919 bits per heavy atom. The lowest BCUT2D eigenvalue weighted by atomic mass is 9.74. The van der Waals surface area contributed by atoms with Crippen LogP contribution in [0, 0.1) is 23.7 Å². The molecule has 18 atom stereocenters. The fourth-order valence-corrected chi connectivity index (χ4v) is 9.63. The van der Waals surface area contributed by atoms with Crippen molar-refractivity contribution < 1.29 is 72.0 Å². The molecule has 0 amide bonds. The number of carbonyl (C=O) groups excluding carboxylic acids is 4. The Labute approximate surface area is 366 Å². The number of aliphatic hydroxyl groups is 2. The molecule has 1 aromatic rings. The summed E-state index contributed by atoms with van der Waals surface area (Å²) < 4.78 is 58.3. The van der Waals surface area contributed by atoms with E-state index in [9.17, 15) is 29.4 Å². The Hall–Kier alpha value is -3.07. The molecule has 2 N–H and O–H groups in total. The normalized spacial score (nSPS) is 42.8. The molecule has 0 bridgehead atoms. The van der Waals surface area contributed by atoms with Crippen LogP contribution >= 0.6 is 0 Å². The lowest BCUT2D eigenvalue weighted by molar-refractivity contribution is -0.320. The monoisotopic (exact) mass is 884 g/mol. The van der Waals surface area contributed by atoms with Gasteiger partial charge in [-0.2, -0.15) is 0 Å². The number of nitrogens with zero attached hydrogens (tertiary/aromatic N) is 3. The second-order valence-corrected chi connectivity index (χ2v) is 18.5. The van der Waals surface area contributed by atoms with Gasteiger partial charge in [0.05, 0.1) is 48.1 Å². The molecule has 4 rings (SSSR count). The number of cyclic esters (lactones) is 1. The zero-order valence-corrected chi connectivity index (χ0v) is 39.3. The van der Waals surface area contributed by atoms with E-state index in [1.807, 2.05) is 32.8 Å². The molecule has 0 radical (unpaired) electrons. The minimum absolute atomic E-state index is 0.0397. The Morgan fingerprint density at radius 2 is 1.55 bits per heavy atom. The second kappa shape index (κ2) is 20.8. The van der Waals surface area contributed by atoms with Crippen molar-refractivity contribution in [2.75, 3.05) is 28.3 Å². The molecule has 18 nitrogen and oxygen atoms in total. The first kappa shape index (κ1) is 51.6. The van der Waals surface area contributed by atoms with Crippen LogP contribution in [0.3, 0.4) is 0 Å². The van der Waals surface area contributed by atoms with E-state index in [0.717, 1.165) is 0 Å². The summed E-state index contributed by atoms with van der Waals surface area (Å²) in [5, 5.41) is 23.4. The average Bonchev–Trinajstić information content (AvgIpc) is 3.76. The van der Waals surface area contributed by atoms with E-state index >= 15 is 0 Å². The number of rotatable bonds is 10. The van der Waals surface area contributed by atoms with Gasteiger partial charge in [0.1, 0.15) is 29.4 Å². The maximum atomic E-state index is 14.5. The van der Waals surface area contributed by atoms with Gasteiger partial charge in [0, 0.05) is 57.7 Å². The molecule has 3 fully saturated rings. The van der Waals surface area contributed by atoms with Crippen molar-refractivity contribution in [2.24, 2.45) is 23.7 Å². The number of hydrogen-bond acceptors (Lipinski definition) is 17. The first-order valence-electron chi connectivity index (χ1n) is 21.7. The fraction of sp³-hybridized carbons (Fsp3) is 0.841. The minimum atomic E-state index is -2.02. The van der Waals surface area contributed by atoms with Crippen LogP contribution in [0.2, 0.25) is 0 Å². The molecule has 18 heteroatoms. The molecule has 354 valence electrons. The summed E-state index contributed by atoms with van der Waals surface area (Å²) in [4.78, 5) is 60.3. The topological polar surface area (TPSA) is 213 Å². The van der Waals surface area contributed by atoms with Gasteiger partial charge in [-0.25, -0.2) is 14.3 Å². The van der Waals surface area contributed by atoms with Gasteiger partial charge in [-0.05, 0) is 74.9 Å². The van der Waals surface area contributed by atoms with Crippen molar-refractivity contribution in [3.05, 3.63) is 18.7 Å². The van der Waals surface area contributed by atoms with Gasteiger partial charge in [-0.3, -0.25) is 14.4 Å². The van der Waals surface area contributed by atoms with Crippen LogP contribution in [-0.2, 0) is 57.0 Å². The van der Waals surface area contributed by atoms with Gasteiger partial charge >= 0.3 is 18.0 Å². The Morgan fingerprint density at radius 3 is 2.10 bits per heavy atom. The molecular formula is C44H73N3O15. The molecule has 1 aromatic heterocycles. The molecule has 0 aliphatic carbocycles. The fourth-order valence-electron chi connectivity index (χ4n) is 9.63. The molecule has 3 saturated heterocycles. The SMILES string of the molecule is CC[C@H]1OC(=O)[C@H](C)[C@@H](OC2C[C@@](C)(OC)[C@@H](OC(=O)n3ccnc3)[C@H](C)O2)[C@H](C)[C@@H](OC2O[C@H](C)C[C@H](N(C)C)[C@H]2OC(C)=O)[C@](C)(OC)C[C@@H](C)C(=O)[C@H](C)[C@@H](O)[C@]1(C)O. The van der Waals surface area contributed by atoms with Crippen LogP contribution in [0.25, 0.3) is 0 Å². The van der Waals surface area contributed by atoms with Crippen LogP contribution in [0.4, 0.5) is 4.79 Å². The van der Waals surface area contributed by atoms with Crippen molar-refractivity contribution >= 4 is 23.8 Å². The molecule has 0 aromatic carbocycles. The largest absolute Gasteiger partial charge is 0.459 e. The number of Topliss-reactive ketones (excluding diaryl/α,β-unsaturated/α-hetero) is 1. The Bertz CT molecular complexity index is 1660. The van der Waals surface area contributed by atoms with Crippen LogP contribution < -0.4 is 0 Å². The van der Waals surface area contributed by atoms with Crippen LogP contribution in [-0.4, -0.2) is 161 Å². The average molecular weight is 884 g/mol. The highest BCUT2D eigenvalue weighted by Crippen LogP contribution is 2.42. The second-order valence-electron chi connectivity index (χ2n) is 18.5. The lowest BCUT2D eigenvalue weighted by Gasteiger charge is -2.50. The lowest BCUT2D eigenvalue weighted by Crippen LogP contribution is -2.62. The molecule has 0 saturated carbocycles. The van der Waals surface area contributed by atoms with Crippen molar-refractivity contribution in [1.29, 1.82) is 0 Å². The highest BCUT2D eigenvalue weighted by Gasteiger charge is 2.55. The number of aromatic nitrogens is 2. The summed E-state index contributed by atoms with van der Waals surface area (Å²) in [6.07, 6.45) is -5.78. The van der Waals surface area contributed by atoms with Gasteiger partial charge in [0.15, 0.2) is 24.8 Å². The Kier molecular flexibility index (Phi) is 17.3. The van der Waals surface area contributed by atoms with Gasteiger partial charge < -0.3 is 57.7 Å². The number of aliphatic hydroxyl groups excluding tert-OH is 1. The third kappa shape index (κ3) is 11.2. The van der Waals surface area contributed by atoms with E-state index in [2.05, 4.69) is 4.98 Å². The third-order valence-corrected chi connectivity index (χ3v) is 13.4.